The summed E-state index contributed by atoms with van der Waals surface area (Å²) in [5.74, 6) is -0.942. The van der Waals surface area contributed by atoms with Crippen molar-refractivity contribution in [3.63, 3.8) is 0 Å². The Balaban J connectivity index is 0.000000858. The Kier molecular flexibility index (Phi) is 11.6. The van der Waals surface area contributed by atoms with Crippen LogP contribution in [0.1, 0.15) is 48.0 Å². The van der Waals surface area contributed by atoms with E-state index in [2.05, 4.69) is 66.7 Å². The van der Waals surface area contributed by atoms with Gasteiger partial charge in [-0.1, -0.05) is 60.1 Å². The van der Waals surface area contributed by atoms with Crippen molar-refractivity contribution in [3.8, 4) is 0 Å². The van der Waals surface area contributed by atoms with E-state index in [1.165, 1.54) is 5.69 Å². The SMILES string of the molecule is CC.CC(=O)O.C[N+](C)(C)c1ccc(CNC(=O)c2cc3cc(Br)ccc3n2Cc2cccc(C(=N)N)c2)cc1. The van der Waals surface area contributed by atoms with Gasteiger partial charge < -0.3 is 20.7 Å². The molecule has 1 amide bonds. The number of halogens is 1. The van der Waals surface area contributed by atoms with Gasteiger partial charge in [-0.05, 0) is 53.6 Å². The number of nitrogens with zero attached hydrogens (tertiary/aromatic N) is 2. The third-order valence-corrected chi connectivity index (χ3v) is 6.33. The molecule has 8 nitrogen and oxygen atoms in total. The van der Waals surface area contributed by atoms with Gasteiger partial charge in [0.15, 0.2) is 0 Å². The molecule has 0 aliphatic heterocycles. The number of carbonyl (C=O) groups is 2. The fourth-order valence-electron chi connectivity index (χ4n) is 3.95. The maximum atomic E-state index is 13.3. The minimum Gasteiger partial charge on any atom is -0.481 e. The number of benzene rings is 3. The zero-order valence-electron chi connectivity index (χ0n) is 24.0. The fourth-order valence-corrected chi connectivity index (χ4v) is 4.33. The summed E-state index contributed by atoms with van der Waals surface area (Å²) in [7, 11) is 6.38. The molecule has 5 N–H and O–H groups in total. The van der Waals surface area contributed by atoms with E-state index in [1.807, 2.05) is 66.9 Å². The van der Waals surface area contributed by atoms with E-state index in [-0.39, 0.29) is 11.7 Å². The van der Waals surface area contributed by atoms with Crippen LogP contribution in [-0.4, -0.2) is 48.5 Å². The standard InChI is InChI=1S/C27H28BrN5O.C2H4O2.C2H6/c1-33(2,3)23-10-7-18(8-11-23)16-31-27(34)25-15-21-14-22(28)9-12-24(21)32(25)17-19-5-4-6-20(13-19)26(29)30;1-2(3)4;1-2/h4-15H,16-17H2,1-3H3,(H3-,29,30,31,34);1H3,(H,3,4);1-2H3/p+1. The summed E-state index contributed by atoms with van der Waals surface area (Å²) >= 11 is 3.53. The Bertz CT molecular complexity index is 1470. The second-order valence-corrected chi connectivity index (χ2v) is 10.7. The van der Waals surface area contributed by atoms with E-state index in [4.69, 9.17) is 21.0 Å². The highest BCUT2D eigenvalue weighted by molar-refractivity contribution is 9.10. The number of hydrogen-bond donors (Lipinski definition) is 4. The van der Waals surface area contributed by atoms with Crippen molar-refractivity contribution in [1.82, 2.24) is 14.4 Å². The second kappa shape index (κ2) is 14.4. The van der Waals surface area contributed by atoms with Gasteiger partial charge in [0.2, 0.25) is 0 Å². The maximum absolute atomic E-state index is 13.3. The highest BCUT2D eigenvalue weighted by Gasteiger charge is 2.17. The number of fused-ring (bicyclic) bond motifs is 1. The number of nitrogens with one attached hydrogen (secondary N) is 2. The topological polar surface area (TPSA) is 121 Å². The summed E-state index contributed by atoms with van der Waals surface area (Å²) in [5.41, 5.74) is 11.1. The molecular weight excluding hydrogens is 570 g/mol. The molecule has 0 atom stereocenters. The van der Waals surface area contributed by atoms with Gasteiger partial charge in [0.1, 0.15) is 17.2 Å². The number of carboxylic acids is 1. The number of carboxylic acid groups (broad SMARTS) is 1. The minimum atomic E-state index is -0.833. The molecule has 0 aliphatic rings. The number of amidine groups is 1. The van der Waals surface area contributed by atoms with E-state index in [0.29, 0.717) is 24.3 Å². The summed E-state index contributed by atoms with van der Waals surface area (Å²) in [6, 6.07) is 23.8. The average Bonchev–Trinajstić information content (AvgIpc) is 3.25. The zero-order chi connectivity index (χ0) is 30.0. The zero-order valence-corrected chi connectivity index (χ0v) is 25.5. The normalized spacial score (nSPS) is 10.6. The van der Waals surface area contributed by atoms with Crippen LogP contribution in [0.3, 0.4) is 0 Å². The smallest absolute Gasteiger partial charge is 0.300 e. The quantitative estimate of drug-likeness (QED) is 0.117. The van der Waals surface area contributed by atoms with E-state index >= 15 is 0 Å². The van der Waals surface area contributed by atoms with Gasteiger partial charge in [-0.3, -0.25) is 19.5 Å². The van der Waals surface area contributed by atoms with Crippen LogP contribution in [0.15, 0.2) is 77.3 Å². The summed E-state index contributed by atoms with van der Waals surface area (Å²) in [5, 5.41) is 19.2. The van der Waals surface area contributed by atoms with Gasteiger partial charge in [0.25, 0.3) is 11.9 Å². The third-order valence-electron chi connectivity index (χ3n) is 5.84. The number of aliphatic carboxylic acids is 1. The van der Waals surface area contributed by atoms with Crippen molar-refractivity contribution in [2.45, 2.75) is 33.9 Å². The molecule has 0 aliphatic carbocycles. The van der Waals surface area contributed by atoms with Gasteiger partial charge in [0.05, 0.1) is 21.1 Å². The predicted molar refractivity (Wildman–Crippen MR) is 168 cm³/mol. The first-order chi connectivity index (χ1) is 18.8. The van der Waals surface area contributed by atoms with Crippen LogP contribution in [0.25, 0.3) is 10.9 Å². The molecule has 0 spiro atoms. The van der Waals surface area contributed by atoms with Gasteiger partial charge in [-0.2, -0.15) is 0 Å². The van der Waals surface area contributed by atoms with Crippen molar-refractivity contribution in [3.05, 3.63) is 99.7 Å². The molecule has 212 valence electrons. The van der Waals surface area contributed by atoms with Crippen LogP contribution < -0.4 is 15.5 Å². The molecule has 1 aromatic heterocycles. The number of rotatable bonds is 7. The van der Waals surface area contributed by atoms with Crippen molar-refractivity contribution >= 4 is 50.2 Å². The lowest BCUT2D eigenvalue weighted by atomic mass is 10.1. The van der Waals surface area contributed by atoms with E-state index in [1.54, 1.807) is 0 Å². The van der Waals surface area contributed by atoms with Gasteiger partial charge in [-0.25, -0.2) is 0 Å². The number of nitrogen functional groups attached to an aromatic ring is 1. The molecular formula is C31H39BrN5O3+. The fraction of sp³-hybridized carbons (Fsp3) is 0.258. The molecule has 0 radical (unpaired) electrons. The van der Waals surface area contributed by atoms with Crippen LogP contribution >= 0.6 is 15.9 Å². The Morgan fingerprint density at radius 1 is 0.975 bits per heavy atom. The monoisotopic (exact) mass is 608 g/mol. The Hall–Kier alpha value is -3.95. The lowest BCUT2D eigenvalue weighted by Gasteiger charge is -2.23. The number of carbonyl (C=O) groups excluding carboxylic acids is 1. The molecule has 0 saturated heterocycles. The number of aromatic nitrogens is 1. The van der Waals surface area contributed by atoms with E-state index in [0.717, 1.165) is 37.9 Å². The summed E-state index contributed by atoms with van der Waals surface area (Å²) in [6.07, 6.45) is 0. The van der Waals surface area contributed by atoms with Crippen LogP contribution in [0.2, 0.25) is 0 Å². The van der Waals surface area contributed by atoms with Crippen LogP contribution in [0.4, 0.5) is 5.69 Å². The molecule has 0 bridgehead atoms. The van der Waals surface area contributed by atoms with Crippen molar-refractivity contribution in [1.29, 1.82) is 5.41 Å². The van der Waals surface area contributed by atoms with Crippen molar-refractivity contribution in [2.75, 3.05) is 21.1 Å². The number of hydrogen-bond acceptors (Lipinski definition) is 3. The highest BCUT2D eigenvalue weighted by atomic mass is 79.9. The summed E-state index contributed by atoms with van der Waals surface area (Å²) in [4.78, 5) is 22.3. The largest absolute Gasteiger partial charge is 0.481 e. The Morgan fingerprint density at radius 2 is 1.60 bits per heavy atom. The average molecular weight is 610 g/mol. The number of quaternary nitrogens is 1. The molecule has 3 aromatic carbocycles. The minimum absolute atomic E-state index is 0.0254. The van der Waals surface area contributed by atoms with E-state index in [9.17, 15) is 4.79 Å². The first-order valence-corrected chi connectivity index (χ1v) is 13.7. The molecule has 0 unspecified atom stereocenters. The maximum Gasteiger partial charge on any atom is 0.300 e. The number of amides is 1. The summed E-state index contributed by atoms with van der Waals surface area (Å²) < 4.78 is 3.71. The Morgan fingerprint density at radius 3 is 2.17 bits per heavy atom. The number of nitrogens with two attached hydrogens (primary N) is 1. The van der Waals surface area contributed by atoms with Gasteiger partial charge in [0, 0.05) is 41.0 Å². The van der Waals surface area contributed by atoms with Crippen molar-refractivity contribution < 1.29 is 14.7 Å². The van der Waals surface area contributed by atoms with Crippen LogP contribution in [0.5, 0.6) is 0 Å². The molecule has 9 heteroatoms. The molecule has 0 fully saturated rings. The third kappa shape index (κ3) is 9.07. The first kappa shape index (κ1) is 32.3. The summed E-state index contributed by atoms with van der Waals surface area (Å²) in [6.45, 7) is 6.02. The Labute approximate surface area is 244 Å². The lowest BCUT2D eigenvalue weighted by Crippen LogP contribution is -2.34. The molecule has 0 saturated carbocycles. The van der Waals surface area contributed by atoms with E-state index < -0.39 is 5.97 Å². The molecule has 40 heavy (non-hydrogen) atoms. The molecule has 4 rings (SSSR count). The second-order valence-electron chi connectivity index (χ2n) is 9.81. The van der Waals surface area contributed by atoms with Crippen LogP contribution in [0, 0.1) is 5.41 Å². The first-order valence-electron chi connectivity index (χ1n) is 13.0. The highest BCUT2D eigenvalue weighted by Crippen LogP contribution is 2.25. The predicted octanol–water partition coefficient (Wildman–Crippen LogP) is 5.98. The lowest BCUT2D eigenvalue weighted by molar-refractivity contribution is -0.134. The van der Waals surface area contributed by atoms with Gasteiger partial charge in [-0.15, -0.1) is 0 Å². The van der Waals surface area contributed by atoms with Gasteiger partial charge >= 0.3 is 0 Å². The van der Waals surface area contributed by atoms with Crippen LogP contribution in [-0.2, 0) is 17.9 Å². The van der Waals surface area contributed by atoms with Crippen molar-refractivity contribution in [2.24, 2.45) is 5.73 Å². The molecule has 4 aromatic rings. The molecule has 1 heterocycles.